The lowest BCUT2D eigenvalue weighted by Crippen LogP contribution is -2.14. The molecule has 1 heterocycles. The number of nitrogens with zero attached hydrogens (tertiary/aromatic N) is 1. The molecule has 20 heavy (non-hydrogen) atoms. The summed E-state index contributed by atoms with van der Waals surface area (Å²) in [7, 11) is 0. The van der Waals surface area contributed by atoms with Crippen molar-refractivity contribution < 1.29 is 9.18 Å². The molecule has 1 amide bonds. The summed E-state index contributed by atoms with van der Waals surface area (Å²) in [5, 5.41) is 4.77. The molecule has 0 saturated heterocycles. The van der Waals surface area contributed by atoms with E-state index >= 15 is 0 Å². The third-order valence-corrected chi connectivity index (χ3v) is 4.03. The molecule has 0 saturated carbocycles. The highest BCUT2D eigenvalue weighted by molar-refractivity contribution is 7.09. The topological polar surface area (TPSA) is 68.0 Å². The Morgan fingerprint density at radius 2 is 2.05 bits per heavy atom. The molecule has 0 aliphatic rings. The van der Waals surface area contributed by atoms with Crippen LogP contribution in [0.2, 0.25) is 10.0 Å². The molecular formula is C12H10Cl2FN3OS. The van der Waals surface area contributed by atoms with E-state index in [1.807, 2.05) is 0 Å². The van der Waals surface area contributed by atoms with Crippen molar-refractivity contribution >= 4 is 46.1 Å². The zero-order chi connectivity index (χ0) is 14.9. The minimum Gasteiger partial charge on any atom is -0.322 e. The third-order valence-electron chi connectivity index (χ3n) is 2.39. The van der Waals surface area contributed by atoms with Gasteiger partial charge in [-0.25, -0.2) is 9.37 Å². The first-order chi connectivity index (χ1) is 9.38. The van der Waals surface area contributed by atoms with Crippen LogP contribution in [-0.2, 0) is 0 Å². The Hall–Kier alpha value is -1.21. The Bertz CT molecular complexity index is 637. The van der Waals surface area contributed by atoms with E-state index in [9.17, 15) is 9.18 Å². The maximum absolute atomic E-state index is 13.1. The standard InChI is InChI=1S/C12H10Cl2FN3OS/c1-5(16)12-17-9(4-20-12)11(19)18-10-7(13)2-6(15)3-8(10)14/h2-5H,16H2,1H3,(H,18,19). The molecule has 8 heteroatoms. The Kier molecular flexibility index (Phi) is 4.59. The van der Waals surface area contributed by atoms with Gasteiger partial charge < -0.3 is 11.1 Å². The normalized spacial score (nSPS) is 12.2. The Balaban J connectivity index is 2.23. The maximum atomic E-state index is 13.1. The van der Waals surface area contributed by atoms with Gasteiger partial charge in [0.1, 0.15) is 16.5 Å². The predicted octanol–water partition coefficient (Wildman–Crippen LogP) is 3.86. The van der Waals surface area contributed by atoms with Crippen LogP contribution in [0.1, 0.15) is 28.5 Å². The second-order valence-corrected chi connectivity index (χ2v) is 5.76. The van der Waals surface area contributed by atoms with Crippen LogP contribution in [0.15, 0.2) is 17.5 Å². The summed E-state index contributed by atoms with van der Waals surface area (Å²) in [6.45, 7) is 1.77. The van der Waals surface area contributed by atoms with Crippen molar-refractivity contribution in [3.05, 3.63) is 44.1 Å². The number of benzene rings is 1. The van der Waals surface area contributed by atoms with E-state index in [1.165, 1.54) is 11.3 Å². The molecule has 0 radical (unpaired) electrons. The molecule has 1 aromatic carbocycles. The van der Waals surface area contributed by atoms with E-state index in [0.29, 0.717) is 5.01 Å². The van der Waals surface area contributed by atoms with Crippen molar-refractivity contribution in [3.8, 4) is 0 Å². The van der Waals surface area contributed by atoms with Crippen LogP contribution in [0.3, 0.4) is 0 Å². The Morgan fingerprint density at radius 1 is 1.45 bits per heavy atom. The zero-order valence-electron chi connectivity index (χ0n) is 10.3. The molecule has 1 atom stereocenters. The fourth-order valence-electron chi connectivity index (χ4n) is 1.44. The molecule has 2 aromatic rings. The molecule has 106 valence electrons. The number of carbonyl (C=O) groups is 1. The molecule has 0 spiro atoms. The second kappa shape index (κ2) is 6.05. The van der Waals surface area contributed by atoms with Crippen LogP contribution in [0.5, 0.6) is 0 Å². The molecule has 4 nitrogen and oxygen atoms in total. The van der Waals surface area contributed by atoms with E-state index in [-0.39, 0.29) is 27.5 Å². The van der Waals surface area contributed by atoms with Crippen LogP contribution in [0.4, 0.5) is 10.1 Å². The van der Waals surface area contributed by atoms with Gasteiger partial charge in [-0.3, -0.25) is 4.79 Å². The minimum absolute atomic E-state index is 0.0194. The van der Waals surface area contributed by atoms with Gasteiger partial charge in [-0.15, -0.1) is 11.3 Å². The molecule has 1 unspecified atom stereocenters. The number of thiazole rings is 1. The average Bonchev–Trinajstić information content (AvgIpc) is 2.83. The fourth-order valence-corrected chi connectivity index (χ4v) is 2.75. The summed E-state index contributed by atoms with van der Waals surface area (Å²) in [5.74, 6) is -1.06. The van der Waals surface area contributed by atoms with Crippen molar-refractivity contribution in [1.82, 2.24) is 4.98 Å². The summed E-state index contributed by atoms with van der Waals surface area (Å²) in [5.41, 5.74) is 6.03. The largest absolute Gasteiger partial charge is 0.322 e. The Morgan fingerprint density at radius 3 is 2.55 bits per heavy atom. The van der Waals surface area contributed by atoms with Crippen LogP contribution in [0, 0.1) is 5.82 Å². The number of nitrogens with one attached hydrogen (secondary N) is 1. The van der Waals surface area contributed by atoms with E-state index < -0.39 is 11.7 Å². The fraction of sp³-hybridized carbons (Fsp3) is 0.167. The Labute approximate surface area is 128 Å². The van der Waals surface area contributed by atoms with Gasteiger partial charge in [-0.2, -0.15) is 0 Å². The van der Waals surface area contributed by atoms with Crippen molar-refractivity contribution in [1.29, 1.82) is 0 Å². The quantitative estimate of drug-likeness (QED) is 0.896. The van der Waals surface area contributed by atoms with E-state index in [1.54, 1.807) is 12.3 Å². The highest BCUT2D eigenvalue weighted by Crippen LogP contribution is 2.31. The molecule has 0 fully saturated rings. The molecular weight excluding hydrogens is 324 g/mol. The van der Waals surface area contributed by atoms with E-state index in [4.69, 9.17) is 28.9 Å². The number of carbonyl (C=O) groups excluding carboxylic acids is 1. The van der Waals surface area contributed by atoms with Crippen LogP contribution < -0.4 is 11.1 Å². The summed E-state index contributed by atoms with van der Waals surface area (Å²) >= 11 is 13.0. The summed E-state index contributed by atoms with van der Waals surface area (Å²) in [4.78, 5) is 16.1. The predicted molar refractivity (Wildman–Crippen MR) is 79.1 cm³/mol. The van der Waals surface area contributed by atoms with Gasteiger partial charge in [0.2, 0.25) is 0 Å². The summed E-state index contributed by atoms with van der Waals surface area (Å²) < 4.78 is 13.1. The number of amides is 1. The number of aromatic nitrogens is 1. The number of anilines is 1. The van der Waals surface area contributed by atoms with Crippen LogP contribution >= 0.6 is 34.5 Å². The van der Waals surface area contributed by atoms with Gasteiger partial charge in [0.05, 0.1) is 21.8 Å². The number of hydrogen-bond acceptors (Lipinski definition) is 4. The minimum atomic E-state index is -0.578. The first kappa shape index (κ1) is 15.2. The van der Waals surface area contributed by atoms with Gasteiger partial charge in [0.25, 0.3) is 5.91 Å². The van der Waals surface area contributed by atoms with Gasteiger partial charge in [0.15, 0.2) is 0 Å². The highest BCUT2D eigenvalue weighted by Gasteiger charge is 2.16. The van der Waals surface area contributed by atoms with Crippen molar-refractivity contribution in [2.24, 2.45) is 5.73 Å². The maximum Gasteiger partial charge on any atom is 0.275 e. The zero-order valence-corrected chi connectivity index (χ0v) is 12.6. The second-order valence-electron chi connectivity index (χ2n) is 4.06. The lowest BCUT2D eigenvalue weighted by Gasteiger charge is -2.08. The number of rotatable bonds is 3. The summed E-state index contributed by atoms with van der Waals surface area (Å²) in [6.07, 6.45) is 0. The molecule has 2 rings (SSSR count). The van der Waals surface area contributed by atoms with E-state index in [0.717, 1.165) is 12.1 Å². The lowest BCUT2D eigenvalue weighted by molar-refractivity contribution is 0.102. The molecule has 3 N–H and O–H groups in total. The van der Waals surface area contributed by atoms with Crippen molar-refractivity contribution in [3.63, 3.8) is 0 Å². The first-order valence-electron chi connectivity index (χ1n) is 5.55. The molecule has 1 aromatic heterocycles. The molecule has 0 aliphatic heterocycles. The van der Waals surface area contributed by atoms with Gasteiger partial charge in [-0.05, 0) is 19.1 Å². The smallest absolute Gasteiger partial charge is 0.275 e. The van der Waals surface area contributed by atoms with Crippen LogP contribution in [0.25, 0.3) is 0 Å². The van der Waals surface area contributed by atoms with Crippen molar-refractivity contribution in [2.75, 3.05) is 5.32 Å². The van der Waals surface area contributed by atoms with Crippen molar-refractivity contribution in [2.45, 2.75) is 13.0 Å². The third kappa shape index (κ3) is 3.27. The van der Waals surface area contributed by atoms with Gasteiger partial charge >= 0.3 is 0 Å². The van der Waals surface area contributed by atoms with Gasteiger partial charge in [-0.1, -0.05) is 23.2 Å². The molecule has 0 aliphatic carbocycles. The summed E-state index contributed by atoms with van der Waals surface area (Å²) in [6, 6.07) is 1.88. The monoisotopic (exact) mass is 333 g/mol. The lowest BCUT2D eigenvalue weighted by atomic mass is 10.3. The van der Waals surface area contributed by atoms with Crippen LogP contribution in [-0.4, -0.2) is 10.9 Å². The molecule has 0 bridgehead atoms. The number of hydrogen-bond donors (Lipinski definition) is 2. The van der Waals surface area contributed by atoms with Gasteiger partial charge in [0, 0.05) is 5.38 Å². The first-order valence-corrected chi connectivity index (χ1v) is 7.19. The number of nitrogens with two attached hydrogens (primary N) is 1. The average molecular weight is 334 g/mol. The van der Waals surface area contributed by atoms with E-state index in [2.05, 4.69) is 10.3 Å². The SMILES string of the molecule is CC(N)c1nc(C(=O)Nc2c(Cl)cc(F)cc2Cl)cs1. The highest BCUT2D eigenvalue weighted by atomic mass is 35.5. The number of halogens is 3.